The van der Waals surface area contributed by atoms with Crippen LogP contribution in [0.3, 0.4) is 0 Å². The van der Waals surface area contributed by atoms with Gasteiger partial charge >= 0.3 is 0 Å². The van der Waals surface area contributed by atoms with Crippen molar-refractivity contribution < 1.29 is 14.0 Å². The van der Waals surface area contributed by atoms with E-state index in [0.29, 0.717) is 27.9 Å². The Bertz CT molecular complexity index is 1140. The standard InChI is InChI=1S/C23H24ClFN4O2S.ClH/c1-27(2)11-4-12-28(23-26-21-18(24)5-3-6-19(21)32-23)22(31)15-13-20(30)29(14-15)17-9-7-16(25)8-10-17;/h3,5-10,15H,4,11-14H2,1-2H3;1H. The average molecular weight is 511 g/mol. The second kappa shape index (κ2) is 10.8. The average Bonchev–Trinajstić information content (AvgIpc) is 3.36. The molecule has 1 aliphatic heterocycles. The number of carbonyl (C=O) groups excluding carboxylic acids is 2. The lowest BCUT2D eigenvalue weighted by Crippen LogP contribution is -2.39. The number of hydrogen-bond donors (Lipinski definition) is 0. The van der Waals surface area contributed by atoms with E-state index in [0.717, 1.165) is 17.7 Å². The van der Waals surface area contributed by atoms with Crippen LogP contribution in [-0.2, 0) is 9.59 Å². The molecule has 1 aromatic heterocycles. The molecule has 0 radical (unpaired) electrons. The smallest absolute Gasteiger partial charge is 0.234 e. The van der Waals surface area contributed by atoms with Gasteiger partial charge in [-0.05, 0) is 63.5 Å². The lowest BCUT2D eigenvalue weighted by atomic mass is 10.1. The van der Waals surface area contributed by atoms with Crippen molar-refractivity contribution in [1.82, 2.24) is 9.88 Å². The molecular weight excluding hydrogens is 486 g/mol. The van der Waals surface area contributed by atoms with Crippen molar-refractivity contribution >= 4 is 68.2 Å². The molecule has 0 aliphatic carbocycles. The molecule has 6 nitrogen and oxygen atoms in total. The van der Waals surface area contributed by atoms with Gasteiger partial charge in [-0.1, -0.05) is 29.0 Å². The summed E-state index contributed by atoms with van der Waals surface area (Å²) in [6, 6.07) is 11.3. The molecule has 2 heterocycles. The van der Waals surface area contributed by atoms with E-state index >= 15 is 0 Å². The molecule has 1 unspecified atom stereocenters. The molecule has 4 rings (SSSR count). The van der Waals surface area contributed by atoms with E-state index in [-0.39, 0.29) is 43.0 Å². The minimum atomic E-state index is -0.491. The first-order chi connectivity index (χ1) is 15.3. The predicted molar refractivity (Wildman–Crippen MR) is 134 cm³/mol. The zero-order chi connectivity index (χ0) is 22.8. The maximum absolute atomic E-state index is 13.6. The molecule has 0 saturated carbocycles. The third-order valence-electron chi connectivity index (χ3n) is 5.46. The van der Waals surface area contributed by atoms with Crippen molar-refractivity contribution in [2.24, 2.45) is 5.92 Å². The summed E-state index contributed by atoms with van der Waals surface area (Å²) in [4.78, 5) is 36.2. The van der Waals surface area contributed by atoms with Crippen molar-refractivity contribution in [3.63, 3.8) is 0 Å². The summed E-state index contributed by atoms with van der Waals surface area (Å²) >= 11 is 7.72. The molecule has 3 aromatic rings. The van der Waals surface area contributed by atoms with Crippen LogP contribution in [0.1, 0.15) is 12.8 Å². The summed E-state index contributed by atoms with van der Waals surface area (Å²) in [5.41, 5.74) is 1.27. The highest BCUT2D eigenvalue weighted by Crippen LogP contribution is 2.35. The SMILES string of the molecule is CN(C)CCCN(C(=O)C1CC(=O)N(c2ccc(F)cc2)C1)c1nc2c(Cl)cccc2s1.Cl. The first kappa shape index (κ1) is 25.4. The van der Waals surface area contributed by atoms with E-state index in [9.17, 15) is 14.0 Å². The van der Waals surface area contributed by atoms with Gasteiger partial charge in [0.25, 0.3) is 0 Å². The van der Waals surface area contributed by atoms with Gasteiger partial charge in [0.05, 0.1) is 15.6 Å². The molecule has 1 fully saturated rings. The number of anilines is 2. The number of para-hydroxylation sites is 1. The van der Waals surface area contributed by atoms with E-state index < -0.39 is 5.92 Å². The number of benzene rings is 2. The molecule has 2 amide bonds. The third kappa shape index (κ3) is 5.63. The summed E-state index contributed by atoms with van der Waals surface area (Å²) in [5.74, 6) is -1.13. The number of carbonyl (C=O) groups is 2. The Labute approximate surface area is 207 Å². The third-order valence-corrected chi connectivity index (χ3v) is 6.80. The zero-order valence-electron chi connectivity index (χ0n) is 18.3. The highest BCUT2D eigenvalue weighted by Gasteiger charge is 2.38. The topological polar surface area (TPSA) is 56.8 Å². The van der Waals surface area contributed by atoms with Gasteiger partial charge in [-0.2, -0.15) is 0 Å². The first-order valence-corrected chi connectivity index (χ1v) is 11.6. The van der Waals surface area contributed by atoms with Gasteiger partial charge in [-0.15, -0.1) is 12.4 Å². The zero-order valence-corrected chi connectivity index (χ0v) is 20.7. The number of nitrogens with zero attached hydrogens (tertiary/aromatic N) is 4. The Morgan fingerprint density at radius 1 is 1.21 bits per heavy atom. The monoisotopic (exact) mass is 510 g/mol. The summed E-state index contributed by atoms with van der Waals surface area (Å²) in [5, 5.41) is 1.13. The molecule has 1 atom stereocenters. The fourth-order valence-electron chi connectivity index (χ4n) is 3.83. The van der Waals surface area contributed by atoms with Gasteiger partial charge < -0.3 is 9.80 Å². The van der Waals surface area contributed by atoms with Crippen molar-refractivity contribution in [3.8, 4) is 0 Å². The molecular formula is C23H25Cl2FN4O2S. The van der Waals surface area contributed by atoms with E-state index in [4.69, 9.17) is 11.6 Å². The van der Waals surface area contributed by atoms with Crippen LogP contribution >= 0.6 is 35.3 Å². The van der Waals surface area contributed by atoms with E-state index in [2.05, 4.69) is 9.88 Å². The van der Waals surface area contributed by atoms with E-state index in [1.54, 1.807) is 28.0 Å². The Morgan fingerprint density at radius 2 is 1.94 bits per heavy atom. The fraction of sp³-hybridized carbons (Fsp3) is 0.348. The minimum Gasteiger partial charge on any atom is -0.312 e. The molecule has 1 aliphatic rings. The first-order valence-electron chi connectivity index (χ1n) is 10.4. The van der Waals surface area contributed by atoms with Crippen LogP contribution in [0.5, 0.6) is 0 Å². The van der Waals surface area contributed by atoms with Crippen LogP contribution in [0, 0.1) is 11.7 Å². The highest BCUT2D eigenvalue weighted by atomic mass is 35.5. The molecule has 2 aromatic carbocycles. The molecule has 176 valence electrons. The maximum Gasteiger partial charge on any atom is 0.234 e. The summed E-state index contributed by atoms with van der Waals surface area (Å²) in [6.07, 6.45) is 0.886. The molecule has 1 saturated heterocycles. The van der Waals surface area contributed by atoms with Gasteiger partial charge in [0.1, 0.15) is 11.3 Å². The van der Waals surface area contributed by atoms with Crippen molar-refractivity contribution in [2.75, 3.05) is 43.5 Å². The fourth-order valence-corrected chi connectivity index (χ4v) is 5.12. The number of halogens is 3. The van der Waals surface area contributed by atoms with Crippen LogP contribution in [-0.4, -0.2) is 55.4 Å². The number of hydrogen-bond acceptors (Lipinski definition) is 5. The van der Waals surface area contributed by atoms with Gasteiger partial charge in [0, 0.05) is 25.2 Å². The van der Waals surface area contributed by atoms with Crippen LogP contribution < -0.4 is 9.80 Å². The van der Waals surface area contributed by atoms with E-state index in [1.807, 2.05) is 26.2 Å². The molecule has 0 N–H and O–H groups in total. The lowest BCUT2D eigenvalue weighted by molar-refractivity contribution is -0.124. The quantitative estimate of drug-likeness (QED) is 0.455. The second-order valence-corrected chi connectivity index (χ2v) is 9.53. The van der Waals surface area contributed by atoms with Gasteiger partial charge in [-0.3, -0.25) is 14.5 Å². The number of thiazole rings is 1. The van der Waals surface area contributed by atoms with Crippen LogP contribution in [0.15, 0.2) is 42.5 Å². The van der Waals surface area contributed by atoms with Crippen LogP contribution in [0.4, 0.5) is 15.2 Å². The second-order valence-electron chi connectivity index (χ2n) is 8.11. The molecule has 33 heavy (non-hydrogen) atoms. The Balaban J connectivity index is 0.00000306. The largest absolute Gasteiger partial charge is 0.312 e. The summed E-state index contributed by atoms with van der Waals surface area (Å²) in [7, 11) is 3.97. The lowest BCUT2D eigenvalue weighted by Gasteiger charge is -2.24. The Kier molecular flexibility index (Phi) is 8.28. The highest BCUT2D eigenvalue weighted by molar-refractivity contribution is 7.22. The summed E-state index contributed by atoms with van der Waals surface area (Å²) < 4.78 is 14.2. The van der Waals surface area contributed by atoms with Gasteiger partial charge in [0.2, 0.25) is 11.8 Å². The maximum atomic E-state index is 13.6. The van der Waals surface area contributed by atoms with Crippen molar-refractivity contribution in [3.05, 3.63) is 53.3 Å². The van der Waals surface area contributed by atoms with Gasteiger partial charge in [-0.25, -0.2) is 9.37 Å². The normalized spacial score (nSPS) is 15.8. The summed E-state index contributed by atoms with van der Waals surface area (Å²) in [6.45, 7) is 1.58. The Morgan fingerprint density at radius 3 is 2.61 bits per heavy atom. The van der Waals surface area contributed by atoms with Crippen LogP contribution in [0.25, 0.3) is 10.2 Å². The number of rotatable bonds is 7. The predicted octanol–water partition coefficient (Wildman–Crippen LogP) is 4.85. The number of fused-ring (bicyclic) bond motifs is 1. The molecule has 0 spiro atoms. The van der Waals surface area contributed by atoms with Crippen LogP contribution in [0.2, 0.25) is 5.02 Å². The number of aromatic nitrogens is 1. The Hall–Kier alpha value is -2.26. The molecule has 10 heteroatoms. The van der Waals surface area contributed by atoms with E-state index in [1.165, 1.54) is 23.5 Å². The van der Waals surface area contributed by atoms with Gasteiger partial charge in [0.15, 0.2) is 5.13 Å². The molecule has 0 bridgehead atoms. The minimum absolute atomic E-state index is 0. The van der Waals surface area contributed by atoms with Crippen molar-refractivity contribution in [2.45, 2.75) is 12.8 Å². The number of amides is 2. The van der Waals surface area contributed by atoms with Crippen molar-refractivity contribution in [1.29, 1.82) is 0 Å².